The number of aryl methyl sites for hydroxylation is 1. The normalized spacial score (nSPS) is 21.0. The highest BCUT2D eigenvalue weighted by molar-refractivity contribution is 7.13. The summed E-state index contributed by atoms with van der Waals surface area (Å²) in [6.45, 7) is 1.26. The molecule has 0 bridgehead atoms. The number of rotatable bonds is 8. The molecule has 2 aromatic heterocycles. The number of carbonyl (C=O) groups is 1. The van der Waals surface area contributed by atoms with Crippen LogP contribution in [-0.4, -0.2) is 46.1 Å². The van der Waals surface area contributed by atoms with Crippen molar-refractivity contribution in [2.45, 2.75) is 57.7 Å². The third-order valence-electron chi connectivity index (χ3n) is 7.56. The number of aromatic nitrogens is 2. The molecular weight excluding hydrogens is 487 g/mol. The molecule has 5 rings (SSSR count). The molecule has 0 spiro atoms. The van der Waals surface area contributed by atoms with Crippen LogP contribution in [0.1, 0.15) is 59.5 Å². The fraction of sp³-hybridized carbons (Fsp3) is 0.556. The molecule has 2 aliphatic rings. The lowest BCUT2D eigenvalue weighted by Crippen LogP contribution is -2.32. The zero-order valence-corrected chi connectivity index (χ0v) is 21.3. The van der Waals surface area contributed by atoms with Crippen molar-refractivity contribution in [2.75, 3.05) is 19.7 Å². The Kier molecular flexibility index (Phi) is 7.40. The molecule has 3 aromatic rings. The summed E-state index contributed by atoms with van der Waals surface area (Å²) >= 11 is 1.24. The average molecular weight is 520 g/mol. The van der Waals surface area contributed by atoms with Crippen LogP contribution in [0.2, 0.25) is 0 Å². The Morgan fingerprint density at radius 2 is 1.94 bits per heavy atom. The molecule has 5 nitrogen and oxygen atoms in total. The highest BCUT2D eigenvalue weighted by Crippen LogP contribution is 2.35. The number of thiazole rings is 1. The number of alkyl halides is 3. The van der Waals surface area contributed by atoms with E-state index in [1.807, 2.05) is 29.9 Å². The number of nitrogens with zero attached hydrogens (tertiary/aromatic N) is 3. The van der Waals surface area contributed by atoms with Gasteiger partial charge < -0.3 is 9.30 Å². The van der Waals surface area contributed by atoms with Crippen LogP contribution in [0.5, 0.6) is 5.19 Å². The number of ether oxygens (including phenoxy) is 1. The van der Waals surface area contributed by atoms with Gasteiger partial charge in [-0.1, -0.05) is 42.4 Å². The molecule has 9 heteroatoms. The van der Waals surface area contributed by atoms with E-state index in [1.54, 1.807) is 0 Å². The summed E-state index contributed by atoms with van der Waals surface area (Å²) in [6, 6.07) is 5.97. The zero-order chi connectivity index (χ0) is 25.3. The van der Waals surface area contributed by atoms with Gasteiger partial charge in [0.2, 0.25) is 0 Å². The fourth-order valence-corrected chi connectivity index (χ4v) is 6.54. The van der Waals surface area contributed by atoms with E-state index in [4.69, 9.17) is 4.74 Å². The summed E-state index contributed by atoms with van der Waals surface area (Å²) in [6.07, 6.45) is 6.78. The first-order chi connectivity index (χ1) is 17.2. The largest absolute Gasteiger partial charge is 0.460 e. The van der Waals surface area contributed by atoms with Crippen LogP contribution in [0.25, 0.3) is 10.8 Å². The molecule has 1 aliphatic heterocycles. The van der Waals surface area contributed by atoms with Gasteiger partial charge in [-0.3, -0.25) is 9.69 Å². The van der Waals surface area contributed by atoms with Crippen LogP contribution in [0.15, 0.2) is 30.6 Å². The number of ketones is 1. The molecular formula is C27H32F3N3O2S. The van der Waals surface area contributed by atoms with Crippen LogP contribution in [0.3, 0.4) is 0 Å². The molecule has 1 aromatic carbocycles. The van der Waals surface area contributed by atoms with Gasteiger partial charge in [0, 0.05) is 60.2 Å². The Bertz CT molecular complexity index is 1210. The van der Waals surface area contributed by atoms with Crippen LogP contribution in [0.4, 0.5) is 13.2 Å². The number of Topliss-reactive ketones (excluding diaryl/α,β-unsaturated/α-hetero) is 1. The van der Waals surface area contributed by atoms with E-state index in [0.29, 0.717) is 24.8 Å². The number of hydrogen-bond acceptors (Lipinski definition) is 5. The lowest BCUT2D eigenvalue weighted by atomic mass is 9.78. The van der Waals surface area contributed by atoms with E-state index < -0.39 is 12.8 Å². The Hall–Kier alpha value is -2.39. The maximum atomic E-state index is 13.1. The first-order valence-electron chi connectivity index (χ1n) is 12.7. The van der Waals surface area contributed by atoms with Crippen molar-refractivity contribution in [3.8, 4) is 5.19 Å². The van der Waals surface area contributed by atoms with E-state index in [0.717, 1.165) is 78.5 Å². The van der Waals surface area contributed by atoms with Gasteiger partial charge in [0.1, 0.15) is 0 Å². The Morgan fingerprint density at radius 3 is 2.72 bits per heavy atom. The van der Waals surface area contributed by atoms with Crippen molar-refractivity contribution in [2.24, 2.45) is 18.9 Å². The molecule has 1 saturated carbocycles. The molecule has 36 heavy (non-hydrogen) atoms. The number of halogens is 3. The summed E-state index contributed by atoms with van der Waals surface area (Å²) in [5.74, 6) is 1.37. The molecule has 0 unspecified atom stereocenters. The topological polar surface area (TPSA) is 47.4 Å². The molecule has 0 saturated heterocycles. The van der Waals surface area contributed by atoms with Gasteiger partial charge in [0.25, 0.3) is 5.19 Å². The molecule has 0 N–H and O–H groups in total. The predicted molar refractivity (Wildman–Crippen MR) is 135 cm³/mol. The number of benzene rings is 1. The highest BCUT2D eigenvalue weighted by Gasteiger charge is 2.30. The number of fused-ring (bicyclic) bond motifs is 2. The highest BCUT2D eigenvalue weighted by atomic mass is 32.1. The zero-order valence-electron chi connectivity index (χ0n) is 20.5. The van der Waals surface area contributed by atoms with Gasteiger partial charge in [0.15, 0.2) is 12.4 Å². The third-order valence-corrected chi connectivity index (χ3v) is 8.63. The first kappa shape index (κ1) is 25.3. The number of hydrogen-bond donors (Lipinski definition) is 0. The Morgan fingerprint density at radius 1 is 1.17 bits per heavy atom. The van der Waals surface area contributed by atoms with Crippen molar-refractivity contribution in [1.82, 2.24) is 14.5 Å². The van der Waals surface area contributed by atoms with Gasteiger partial charge in [-0.2, -0.15) is 13.2 Å². The quantitative estimate of drug-likeness (QED) is 0.323. The fourth-order valence-electron chi connectivity index (χ4n) is 5.63. The van der Waals surface area contributed by atoms with Crippen LogP contribution in [-0.2, 0) is 20.0 Å². The molecule has 0 atom stereocenters. The molecule has 3 heterocycles. The molecule has 0 amide bonds. The van der Waals surface area contributed by atoms with E-state index in [9.17, 15) is 18.0 Å². The van der Waals surface area contributed by atoms with Crippen molar-refractivity contribution >= 4 is 27.9 Å². The molecule has 1 fully saturated rings. The van der Waals surface area contributed by atoms with Gasteiger partial charge in [-0.15, -0.1) is 0 Å². The summed E-state index contributed by atoms with van der Waals surface area (Å²) in [5, 5.41) is 2.28. The monoisotopic (exact) mass is 519 g/mol. The second kappa shape index (κ2) is 10.5. The molecule has 1 aliphatic carbocycles. The lowest BCUT2D eigenvalue weighted by molar-refractivity contribution is -0.153. The average Bonchev–Trinajstić information content (AvgIpc) is 3.43. The maximum Gasteiger partial charge on any atom is 0.422 e. The lowest BCUT2D eigenvalue weighted by Gasteiger charge is -2.31. The SMILES string of the molecule is Cn1cc2cccc(C(=O)CC3CCC(CCN4CCc5sc(OCC(F)(F)F)nc5C4)CC3)c2c1. The molecule has 0 radical (unpaired) electrons. The van der Waals surface area contributed by atoms with E-state index in [1.165, 1.54) is 11.3 Å². The Balaban J connectivity index is 1.06. The van der Waals surface area contributed by atoms with Gasteiger partial charge in [-0.05, 0) is 44.1 Å². The minimum atomic E-state index is -4.35. The minimum Gasteiger partial charge on any atom is -0.460 e. The Labute approximate surface area is 213 Å². The minimum absolute atomic E-state index is 0.121. The second-order valence-electron chi connectivity index (χ2n) is 10.3. The number of carbonyl (C=O) groups excluding carboxylic acids is 1. The van der Waals surface area contributed by atoms with Crippen LogP contribution >= 0.6 is 11.3 Å². The van der Waals surface area contributed by atoms with Gasteiger partial charge in [-0.25, -0.2) is 4.98 Å². The van der Waals surface area contributed by atoms with E-state index in [-0.39, 0.29) is 11.0 Å². The summed E-state index contributed by atoms with van der Waals surface area (Å²) in [4.78, 5) is 20.8. The van der Waals surface area contributed by atoms with Gasteiger partial charge in [0.05, 0.1) is 5.69 Å². The van der Waals surface area contributed by atoms with E-state index >= 15 is 0 Å². The van der Waals surface area contributed by atoms with Crippen molar-refractivity contribution in [3.63, 3.8) is 0 Å². The van der Waals surface area contributed by atoms with Crippen molar-refractivity contribution in [3.05, 3.63) is 46.7 Å². The van der Waals surface area contributed by atoms with Gasteiger partial charge >= 0.3 is 6.18 Å². The summed E-state index contributed by atoms with van der Waals surface area (Å²) in [7, 11) is 1.99. The van der Waals surface area contributed by atoms with Crippen molar-refractivity contribution in [1.29, 1.82) is 0 Å². The summed E-state index contributed by atoms with van der Waals surface area (Å²) in [5.41, 5.74) is 1.70. The third kappa shape index (κ3) is 6.11. The first-order valence-corrected chi connectivity index (χ1v) is 13.5. The second-order valence-corrected chi connectivity index (χ2v) is 11.4. The van der Waals surface area contributed by atoms with Crippen molar-refractivity contribution < 1.29 is 22.7 Å². The van der Waals surface area contributed by atoms with E-state index in [2.05, 4.69) is 22.1 Å². The van der Waals surface area contributed by atoms with Crippen LogP contribution < -0.4 is 4.74 Å². The standard InChI is InChI=1S/C27H32F3N3O2S/c1-32-14-20-3-2-4-21(22(20)15-32)24(34)13-19-7-5-18(6-8-19)9-11-33-12-10-25-23(16-33)31-26(36-25)35-17-27(28,29)30/h2-4,14-15,18-19H,5-13,16-17H2,1H3. The summed E-state index contributed by atoms with van der Waals surface area (Å²) < 4.78 is 44.1. The maximum absolute atomic E-state index is 13.1. The smallest absolute Gasteiger partial charge is 0.422 e. The molecule has 194 valence electrons. The predicted octanol–water partition coefficient (Wildman–Crippen LogP) is 6.40. The van der Waals surface area contributed by atoms with Crippen LogP contribution in [0, 0.1) is 11.8 Å².